The van der Waals surface area contributed by atoms with Crippen LogP contribution in [-0.2, 0) is 6.54 Å². The summed E-state index contributed by atoms with van der Waals surface area (Å²) in [5.41, 5.74) is 5.61. The molecule has 0 aliphatic rings. The van der Waals surface area contributed by atoms with E-state index in [1.807, 2.05) is 17.5 Å². The number of amides is 1. The van der Waals surface area contributed by atoms with Gasteiger partial charge in [-0.2, -0.15) is 0 Å². The van der Waals surface area contributed by atoms with Gasteiger partial charge in [0, 0.05) is 23.1 Å². The summed E-state index contributed by atoms with van der Waals surface area (Å²) in [6.07, 6.45) is 0. The van der Waals surface area contributed by atoms with Crippen LogP contribution in [0.25, 0.3) is 0 Å². The molecule has 0 bridgehead atoms. The number of nitro benzene ring substituents is 1. The molecule has 2 aromatic rings. The standard InChI is InChI=1S/C12H11N3O3S/c13-12(16)8-3-4-11(15(17)18)10(6-8)14-7-9-2-1-5-19-9/h1-6,14H,7H2,(H2,13,16). The highest BCUT2D eigenvalue weighted by atomic mass is 32.1. The number of thiophene rings is 1. The first-order valence-electron chi connectivity index (χ1n) is 5.42. The van der Waals surface area contributed by atoms with E-state index in [-0.39, 0.29) is 16.9 Å². The van der Waals surface area contributed by atoms with Gasteiger partial charge in [0.15, 0.2) is 0 Å². The molecule has 0 radical (unpaired) electrons. The highest BCUT2D eigenvalue weighted by Crippen LogP contribution is 2.26. The van der Waals surface area contributed by atoms with E-state index in [1.54, 1.807) is 11.3 Å². The Morgan fingerprint density at radius 1 is 1.42 bits per heavy atom. The number of hydrogen-bond donors (Lipinski definition) is 2. The van der Waals surface area contributed by atoms with E-state index in [4.69, 9.17) is 5.73 Å². The van der Waals surface area contributed by atoms with Gasteiger partial charge in [-0.3, -0.25) is 14.9 Å². The quantitative estimate of drug-likeness (QED) is 0.647. The molecule has 0 atom stereocenters. The van der Waals surface area contributed by atoms with Crippen molar-refractivity contribution >= 4 is 28.6 Å². The summed E-state index contributed by atoms with van der Waals surface area (Å²) in [5.74, 6) is -0.617. The van der Waals surface area contributed by atoms with E-state index >= 15 is 0 Å². The summed E-state index contributed by atoms with van der Waals surface area (Å²) in [7, 11) is 0. The van der Waals surface area contributed by atoms with Crippen molar-refractivity contribution in [3.63, 3.8) is 0 Å². The van der Waals surface area contributed by atoms with Crippen LogP contribution in [0.5, 0.6) is 0 Å². The summed E-state index contributed by atoms with van der Waals surface area (Å²) >= 11 is 1.54. The summed E-state index contributed by atoms with van der Waals surface area (Å²) in [5, 5.41) is 15.8. The van der Waals surface area contributed by atoms with Crippen molar-refractivity contribution < 1.29 is 9.72 Å². The predicted octanol–water partition coefficient (Wildman–Crippen LogP) is 2.37. The molecule has 1 amide bonds. The third kappa shape index (κ3) is 3.08. The average Bonchev–Trinajstić information content (AvgIpc) is 2.88. The van der Waals surface area contributed by atoms with Gasteiger partial charge in [-0.05, 0) is 23.6 Å². The molecular formula is C12H11N3O3S. The molecule has 0 aliphatic carbocycles. The average molecular weight is 277 g/mol. The molecule has 7 heteroatoms. The zero-order valence-corrected chi connectivity index (χ0v) is 10.6. The lowest BCUT2D eigenvalue weighted by molar-refractivity contribution is -0.384. The van der Waals surface area contributed by atoms with Crippen LogP contribution in [-0.4, -0.2) is 10.8 Å². The lowest BCUT2D eigenvalue weighted by Gasteiger charge is -2.07. The van der Waals surface area contributed by atoms with Crippen LogP contribution in [0.15, 0.2) is 35.7 Å². The second-order valence-corrected chi connectivity index (χ2v) is 4.82. The van der Waals surface area contributed by atoms with E-state index in [0.717, 1.165) is 4.88 Å². The number of rotatable bonds is 5. The van der Waals surface area contributed by atoms with Crippen LogP contribution >= 0.6 is 11.3 Å². The number of nitrogens with two attached hydrogens (primary N) is 1. The normalized spacial score (nSPS) is 10.1. The van der Waals surface area contributed by atoms with Gasteiger partial charge in [0.25, 0.3) is 5.69 Å². The zero-order chi connectivity index (χ0) is 13.8. The van der Waals surface area contributed by atoms with Crippen LogP contribution in [0, 0.1) is 10.1 Å². The molecule has 0 fully saturated rings. The van der Waals surface area contributed by atoms with Crippen molar-refractivity contribution in [2.45, 2.75) is 6.54 Å². The monoisotopic (exact) mass is 277 g/mol. The molecule has 0 aliphatic heterocycles. The maximum absolute atomic E-state index is 11.1. The number of anilines is 1. The minimum absolute atomic E-state index is 0.0819. The first kappa shape index (κ1) is 13.0. The second kappa shape index (κ2) is 5.49. The molecule has 2 rings (SSSR count). The van der Waals surface area contributed by atoms with Crippen molar-refractivity contribution in [2.24, 2.45) is 5.73 Å². The highest BCUT2D eigenvalue weighted by Gasteiger charge is 2.15. The molecule has 0 saturated carbocycles. The Morgan fingerprint density at radius 3 is 2.79 bits per heavy atom. The van der Waals surface area contributed by atoms with E-state index in [0.29, 0.717) is 6.54 Å². The number of benzene rings is 1. The lowest BCUT2D eigenvalue weighted by atomic mass is 10.1. The third-order valence-electron chi connectivity index (χ3n) is 2.51. The van der Waals surface area contributed by atoms with Gasteiger partial charge in [0.1, 0.15) is 5.69 Å². The summed E-state index contributed by atoms with van der Waals surface area (Å²) in [6.45, 7) is 0.459. The zero-order valence-electron chi connectivity index (χ0n) is 9.83. The van der Waals surface area contributed by atoms with Crippen molar-refractivity contribution in [3.8, 4) is 0 Å². The molecule has 0 spiro atoms. The van der Waals surface area contributed by atoms with Gasteiger partial charge in [-0.15, -0.1) is 11.3 Å². The maximum Gasteiger partial charge on any atom is 0.292 e. The fourth-order valence-electron chi connectivity index (χ4n) is 1.59. The van der Waals surface area contributed by atoms with Crippen molar-refractivity contribution in [2.75, 3.05) is 5.32 Å². The van der Waals surface area contributed by atoms with E-state index < -0.39 is 10.8 Å². The smallest absolute Gasteiger partial charge is 0.292 e. The maximum atomic E-state index is 11.1. The Hall–Kier alpha value is -2.41. The number of carbonyl (C=O) groups excluding carboxylic acids is 1. The van der Waals surface area contributed by atoms with Gasteiger partial charge >= 0.3 is 0 Å². The Kier molecular flexibility index (Phi) is 3.76. The molecule has 1 aromatic carbocycles. The summed E-state index contributed by atoms with van der Waals surface area (Å²) in [4.78, 5) is 22.6. The van der Waals surface area contributed by atoms with Gasteiger partial charge in [-0.1, -0.05) is 6.07 Å². The number of nitrogens with zero attached hydrogens (tertiary/aromatic N) is 1. The lowest BCUT2D eigenvalue weighted by Crippen LogP contribution is -2.12. The van der Waals surface area contributed by atoms with Gasteiger partial charge in [0.2, 0.25) is 5.91 Å². The molecule has 0 unspecified atom stereocenters. The fraction of sp³-hybridized carbons (Fsp3) is 0.0833. The van der Waals surface area contributed by atoms with E-state index in [2.05, 4.69) is 5.32 Å². The largest absolute Gasteiger partial charge is 0.375 e. The Labute approximate surface area is 113 Å². The molecule has 98 valence electrons. The molecule has 3 N–H and O–H groups in total. The summed E-state index contributed by atoms with van der Waals surface area (Å²) in [6, 6.07) is 7.83. The van der Waals surface area contributed by atoms with Crippen molar-refractivity contribution in [3.05, 3.63) is 56.3 Å². The molecule has 1 heterocycles. The third-order valence-corrected chi connectivity index (χ3v) is 3.39. The van der Waals surface area contributed by atoms with Crippen LogP contribution < -0.4 is 11.1 Å². The molecule has 0 saturated heterocycles. The Bertz CT molecular complexity index is 611. The first-order valence-corrected chi connectivity index (χ1v) is 6.30. The number of nitrogens with one attached hydrogen (secondary N) is 1. The predicted molar refractivity (Wildman–Crippen MR) is 73.3 cm³/mol. The van der Waals surface area contributed by atoms with Crippen LogP contribution in [0.1, 0.15) is 15.2 Å². The fourth-order valence-corrected chi connectivity index (χ4v) is 2.23. The number of carbonyl (C=O) groups is 1. The van der Waals surface area contributed by atoms with Crippen LogP contribution in [0.4, 0.5) is 11.4 Å². The van der Waals surface area contributed by atoms with Crippen LogP contribution in [0.3, 0.4) is 0 Å². The number of hydrogen-bond acceptors (Lipinski definition) is 5. The van der Waals surface area contributed by atoms with Crippen molar-refractivity contribution in [1.82, 2.24) is 0 Å². The first-order chi connectivity index (χ1) is 9.08. The highest BCUT2D eigenvalue weighted by molar-refractivity contribution is 7.09. The second-order valence-electron chi connectivity index (χ2n) is 3.79. The Morgan fingerprint density at radius 2 is 2.21 bits per heavy atom. The Balaban J connectivity index is 2.27. The summed E-state index contributed by atoms with van der Waals surface area (Å²) < 4.78 is 0. The van der Waals surface area contributed by atoms with Gasteiger partial charge < -0.3 is 11.1 Å². The molecule has 1 aromatic heterocycles. The van der Waals surface area contributed by atoms with E-state index in [9.17, 15) is 14.9 Å². The van der Waals surface area contributed by atoms with Gasteiger partial charge in [0.05, 0.1) is 4.92 Å². The van der Waals surface area contributed by atoms with Crippen LogP contribution in [0.2, 0.25) is 0 Å². The minimum Gasteiger partial charge on any atom is -0.375 e. The topological polar surface area (TPSA) is 98.3 Å². The van der Waals surface area contributed by atoms with Gasteiger partial charge in [-0.25, -0.2) is 0 Å². The SMILES string of the molecule is NC(=O)c1ccc([N+](=O)[O-])c(NCc2cccs2)c1. The van der Waals surface area contributed by atoms with Crippen molar-refractivity contribution in [1.29, 1.82) is 0 Å². The molecule has 19 heavy (non-hydrogen) atoms. The number of nitro groups is 1. The molecule has 6 nitrogen and oxygen atoms in total. The minimum atomic E-state index is -0.617. The molecular weight excluding hydrogens is 266 g/mol. The van der Waals surface area contributed by atoms with E-state index in [1.165, 1.54) is 18.2 Å². The number of primary amides is 1.